The fourth-order valence-corrected chi connectivity index (χ4v) is 2.49. The van der Waals surface area contributed by atoms with Gasteiger partial charge in [0.05, 0.1) is 0 Å². The quantitative estimate of drug-likeness (QED) is 0.890. The summed E-state index contributed by atoms with van der Waals surface area (Å²) in [7, 11) is 3.53. The van der Waals surface area contributed by atoms with Crippen molar-refractivity contribution in [2.24, 2.45) is 0 Å². The highest BCUT2D eigenvalue weighted by atomic mass is 16.2. The number of rotatable bonds is 6. The fraction of sp³-hybridized carbons (Fsp3) is 0.389. The van der Waals surface area contributed by atoms with Crippen LogP contribution in [0.25, 0.3) is 0 Å². The van der Waals surface area contributed by atoms with Crippen molar-refractivity contribution in [2.75, 3.05) is 20.6 Å². The minimum Gasteiger partial charge on any atom is -0.353 e. The molecule has 1 heterocycles. The lowest BCUT2D eigenvalue weighted by Gasteiger charge is -2.20. The van der Waals surface area contributed by atoms with E-state index in [1.165, 1.54) is 11.1 Å². The van der Waals surface area contributed by atoms with Crippen LogP contribution < -0.4 is 0 Å². The van der Waals surface area contributed by atoms with Crippen LogP contribution in [-0.2, 0) is 13.1 Å². The smallest absolute Gasteiger partial charge is 0.269 e. The van der Waals surface area contributed by atoms with Gasteiger partial charge >= 0.3 is 0 Å². The maximum Gasteiger partial charge on any atom is 0.269 e. The number of benzene rings is 1. The lowest BCUT2D eigenvalue weighted by atomic mass is 10.1. The second-order valence-electron chi connectivity index (χ2n) is 5.89. The van der Waals surface area contributed by atoms with E-state index in [0.29, 0.717) is 5.69 Å². The normalized spacial score (nSPS) is 11.0. The first kappa shape index (κ1) is 16.3. The Morgan fingerprint density at radius 1 is 1.14 bits per heavy atom. The Morgan fingerprint density at radius 2 is 1.91 bits per heavy atom. The predicted molar refractivity (Wildman–Crippen MR) is 89.8 cm³/mol. The van der Waals surface area contributed by atoms with Crippen LogP contribution in [0.15, 0.2) is 36.4 Å². The number of aromatic nitrogens is 1. The second kappa shape index (κ2) is 7.27. The molecule has 0 aliphatic carbocycles. The number of aromatic amines is 1. The van der Waals surface area contributed by atoms with Gasteiger partial charge in [-0.3, -0.25) is 9.69 Å². The first-order chi connectivity index (χ1) is 10.5. The van der Waals surface area contributed by atoms with Gasteiger partial charge < -0.3 is 9.88 Å². The molecule has 22 heavy (non-hydrogen) atoms. The van der Waals surface area contributed by atoms with E-state index in [4.69, 9.17) is 0 Å². The minimum atomic E-state index is 0.00739. The molecule has 118 valence electrons. The monoisotopic (exact) mass is 299 g/mol. The Kier molecular flexibility index (Phi) is 5.39. The maximum absolute atomic E-state index is 11.9. The summed E-state index contributed by atoms with van der Waals surface area (Å²) in [5, 5.41) is 0. The third-order valence-electron chi connectivity index (χ3n) is 3.71. The molecule has 0 fully saturated rings. The summed E-state index contributed by atoms with van der Waals surface area (Å²) in [5.74, 6) is 0.00739. The number of carbonyl (C=O) groups is 1. The molecule has 0 atom stereocenters. The van der Waals surface area contributed by atoms with Gasteiger partial charge in [-0.05, 0) is 31.2 Å². The number of nitrogens with zero attached hydrogens (tertiary/aromatic N) is 2. The highest BCUT2D eigenvalue weighted by Gasteiger charge is 2.12. The van der Waals surface area contributed by atoms with Crippen molar-refractivity contribution in [3.63, 3.8) is 0 Å². The SMILES string of the molecule is CCN(Cc1cccc(C)c1)Cc1ccc(C(=O)N(C)C)[nH]1. The van der Waals surface area contributed by atoms with Gasteiger partial charge in [-0.25, -0.2) is 0 Å². The summed E-state index contributed by atoms with van der Waals surface area (Å²) in [6.07, 6.45) is 0. The number of aryl methyl sites for hydroxylation is 1. The molecule has 1 aromatic carbocycles. The molecule has 1 N–H and O–H groups in total. The Hall–Kier alpha value is -2.07. The van der Waals surface area contributed by atoms with Crippen LogP contribution in [-0.4, -0.2) is 41.3 Å². The molecule has 0 spiro atoms. The first-order valence-electron chi connectivity index (χ1n) is 7.67. The molecule has 0 saturated carbocycles. The van der Waals surface area contributed by atoms with Gasteiger partial charge in [0.2, 0.25) is 0 Å². The zero-order valence-corrected chi connectivity index (χ0v) is 13.9. The van der Waals surface area contributed by atoms with Crippen molar-refractivity contribution in [3.8, 4) is 0 Å². The van der Waals surface area contributed by atoms with Crippen LogP contribution in [0, 0.1) is 6.92 Å². The molecular formula is C18H25N3O. The molecule has 4 heteroatoms. The third-order valence-corrected chi connectivity index (χ3v) is 3.71. The van der Waals surface area contributed by atoms with E-state index in [1.807, 2.05) is 12.1 Å². The third kappa shape index (κ3) is 4.21. The van der Waals surface area contributed by atoms with Crippen LogP contribution in [0.1, 0.15) is 34.2 Å². The summed E-state index contributed by atoms with van der Waals surface area (Å²) < 4.78 is 0. The molecule has 0 aliphatic heterocycles. The standard InChI is InChI=1S/C18H25N3O/c1-5-21(12-15-8-6-7-14(2)11-15)13-16-9-10-17(19-16)18(22)20(3)4/h6-11,19H,5,12-13H2,1-4H3. The number of carbonyl (C=O) groups excluding carboxylic acids is 1. The fourth-order valence-electron chi connectivity index (χ4n) is 2.49. The summed E-state index contributed by atoms with van der Waals surface area (Å²) in [5.41, 5.74) is 4.32. The average molecular weight is 299 g/mol. The Morgan fingerprint density at radius 3 is 2.55 bits per heavy atom. The van der Waals surface area contributed by atoms with Gasteiger partial charge in [0.15, 0.2) is 0 Å². The van der Waals surface area contributed by atoms with Gasteiger partial charge in [0.1, 0.15) is 5.69 Å². The van der Waals surface area contributed by atoms with E-state index in [2.05, 4.69) is 48.0 Å². The largest absolute Gasteiger partial charge is 0.353 e. The summed E-state index contributed by atoms with van der Waals surface area (Å²) in [4.78, 5) is 19.1. The van der Waals surface area contributed by atoms with Gasteiger partial charge in [0, 0.05) is 32.9 Å². The number of hydrogen-bond acceptors (Lipinski definition) is 2. The summed E-state index contributed by atoms with van der Waals surface area (Å²) in [6, 6.07) is 12.4. The molecular weight excluding hydrogens is 274 g/mol. The average Bonchev–Trinajstić information content (AvgIpc) is 2.94. The van der Waals surface area contributed by atoms with E-state index in [0.717, 1.165) is 25.3 Å². The number of hydrogen-bond donors (Lipinski definition) is 1. The summed E-state index contributed by atoms with van der Waals surface area (Å²) in [6.45, 7) is 6.96. The first-order valence-corrected chi connectivity index (χ1v) is 7.67. The van der Waals surface area contributed by atoms with Gasteiger partial charge in [-0.1, -0.05) is 36.8 Å². The van der Waals surface area contributed by atoms with E-state index in [-0.39, 0.29) is 5.91 Å². The highest BCUT2D eigenvalue weighted by Crippen LogP contribution is 2.12. The summed E-state index contributed by atoms with van der Waals surface area (Å²) >= 11 is 0. The number of H-pyrrole nitrogens is 1. The molecule has 4 nitrogen and oxygen atoms in total. The van der Waals surface area contributed by atoms with Crippen LogP contribution in [0.3, 0.4) is 0 Å². The van der Waals surface area contributed by atoms with E-state index < -0.39 is 0 Å². The van der Waals surface area contributed by atoms with Crippen molar-refractivity contribution in [1.82, 2.24) is 14.8 Å². The molecule has 1 amide bonds. The Bertz CT molecular complexity index is 631. The van der Waals surface area contributed by atoms with Crippen molar-refractivity contribution in [1.29, 1.82) is 0 Å². The number of amides is 1. The predicted octanol–water partition coefficient (Wildman–Crippen LogP) is 3.05. The molecule has 0 saturated heterocycles. The van der Waals surface area contributed by atoms with Crippen molar-refractivity contribution in [3.05, 3.63) is 58.9 Å². The van der Waals surface area contributed by atoms with Crippen molar-refractivity contribution in [2.45, 2.75) is 26.9 Å². The van der Waals surface area contributed by atoms with E-state index in [9.17, 15) is 4.79 Å². The molecule has 0 unspecified atom stereocenters. The van der Waals surface area contributed by atoms with Gasteiger partial charge in [0.25, 0.3) is 5.91 Å². The molecule has 2 aromatic rings. The van der Waals surface area contributed by atoms with Crippen LogP contribution in [0.5, 0.6) is 0 Å². The molecule has 0 aliphatic rings. The molecule has 2 rings (SSSR count). The van der Waals surface area contributed by atoms with Crippen LogP contribution >= 0.6 is 0 Å². The lowest BCUT2D eigenvalue weighted by Crippen LogP contribution is -2.23. The van der Waals surface area contributed by atoms with Gasteiger partial charge in [-0.2, -0.15) is 0 Å². The van der Waals surface area contributed by atoms with Crippen molar-refractivity contribution < 1.29 is 4.79 Å². The zero-order valence-electron chi connectivity index (χ0n) is 13.9. The van der Waals surface area contributed by atoms with Crippen LogP contribution in [0.2, 0.25) is 0 Å². The molecule has 0 bridgehead atoms. The highest BCUT2D eigenvalue weighted by molar-refractivity contribution is 5.92. The van der Waals surface area contributed by atoms with Crippen molar-refractivity contribution >= 4 is 5.91 Å². The maximum atomic E-state index is 11.9. The lowest BCUT2D eigenvalue weighted by molar-refractivity contribution is 0.0822. The number of nitrogens with one attached hydrogen (secondary N) is 1. The molecule has 1 aromatic heterocycles. The minimum absolute atomic E-state index is 0.00739. The van der Waals surface area contributed by atoms with E-state index in [1.54, 1.807) is 19.0 Å². The zero-order chi connectivity index (χ0) is 16.1. The van der Waals surface area contributed by atoms with Crippen LogP contribution in [0.4, 0.5) is 0 Å². The Balaban J connectivity index is 2.03. The topological polar surface area (TPSA) is 39.3 Å². The molecule has 0 radical (unpaired) electrons. The Labute approximate surface area is 132 Å². The second-order valence-corrected chi connectivity index (χ2v) is 5.89. The van der Waals surface area contributed by atoms with E-state index >= 15 is 0 Å². The van der Waals surface area contributed by atoms with Gasteiger partial charge in [-0.15, -0.1) is 0 Å².